The molecule has 0 aliphatic rings. The second kappa shape index (κ2) is 5.99. The smallest absolute Gasteiger partial charge is 0.411 e. The first-order chi connectivity index (χ1) is 7.65. The first kappa shape index (κ1) is 12.3. The average molecular weight is 239 g/mol. The van der Waals surface area contributed by atoms with E-state index >= 15 is 0 Å². The van der Waals surface area contributed by atoms with E-state index in [9.17, 15) is 4.79 Å². The number of halogens is 1. The Morgan fingerprint density at radius 2 is 2.44 bits per heavy atom. The van der Waals surface area contributed by atoms with Gasteiger partial charge in [0, 0.05) is 5.69 Å². The maximum atomic E-state index is 11.3. The number of rotatable bonds is 3. The zero-order valence-electron chi connectivity index (χ0n) is 8.74. The van der Waals surface area contributed by atoms with E-state index in [1.54, 1.807) is 31.2 Å². The fraction of sp³-hybridized carbons (Fsp3) is 0.273. The molecular formula is C11H11ClN2O2. The quantitative estimate of drug-likeness (QED) is 0.824. The molecule has 0 bridgehead atoms. The van der Waals surface area contributed by atoms with E-state index in [1.165, 1.54) is 0 Å². The van der Waals surface area contributed by atoms with Crippen LogP contribution in [0, 0.1) is 11.3 Å². The Morgan fingerprint density at radius 1 is 1.69 bits per heavy atom. The van der Waals surface area contributed by atoms with E-state index < -0.39 is 6.09 Å². The van der Waals surface area contributed by atoms with Gasteiger partial charge in [-0.05, 0) is 25.1 Å². The highest BCUT2D eigenvalue weighted by atomic mass is 35.5. The average Bonchev–Trinajstić information content (AvgIpc) is 2.28. The molecule has 1 aromatic rings. The van der Waals surface area contributed by atoms with Crippen molar-refractivity contribution in [2.24, 2.45) is 0 Å². The van der Waals surface area contributed by atoms with E-state index in [-0.39, 0.29) is 12.0 Å². The Bertz CT molecular complexity index is 415. The van der Waals surface area contributed by atoms with Crippen LogP contribution in [0.2, 0.25) is 0 Å². The van der Waals surface area contributed by atoms with Crippen LogP contribution in [0.1, 0.15) is 12.5 Å². The second-order valence-electron chi connectivity index (χ2n) is 3.19. The Kier molecular flexibility index (Phi) is 4.62. The van der Waals surface area contributed by atoms with Crippen molar-refractivity contribution in [3.63, 3.8) is 0 Å². The van der Waals surface area contributed by atoms with Crippen molar-refractivity contribution < 1.29 is 9.53 Å². The molecule has 0 aliphatic carbocycles. The number of hydrogen-bond acceptors (Lipinski definition) is 3. The summed E-state index contributed by atoms with van der Waals surface area (Å²) in [7, 11) is 0. The van der Waals surface area contributed by atoms with Gasteiger partial charge in [-0.3, -0.25) is 5.32 Å². The minimum atomic E-state index is -0.580. The van der Waals surface area contributed by atoms with Crippen molar-refractivity contribution in [2.75, 3.05) is 11.2 Å². The number of anilines is 1. The van der Waals surface area contributed by atoms with E-state index in [0.29, 0.717) is 11.3 Å². The monoisotopic (exact) mass is 238 g/mol. The van der Waals surface area contributed by atoms with Gasteiger partial charge in [0.1, 0.15) is 6.10 Å². The molecule has 1 rings (SSSR count). The maximum Gasteiger partial charge on any atom is 0.411 e. The largest absolute Gasteiger partial charge is 0.445 e. The first-order valence-corrected chi connectivity index (χ1v) is 5.23. The topological polar surface area (TPSA) is 62.1 Å². The van der Waals surface area contributed by atoms with Crippen LogP contribution in [-0.2, 0) is 4.74 Å². The van der Waals surface area contributed by atoms with Gasteiger partial charge >= 0.3 is 6.09 Å². The molecule has 16 heavy (non-hydrogen) atoms. The number of carbonyl (C=O) groups is 1. The van der Waals surface area contributed by atoms with Crippen molar-refractivity contribution in [2.45, 2.75) is 13.0 Å². The summed E-state index contributed by atoms with van der Waals surface area (Å²) in [6.45, 7) is 1.69. The zero-order chi connectivity index (χ0) is 12.0. The van der Waals surface area contributed by atoms with Gasteiger partial charge in [0.05, 0.1) is 17.5 Å². The van der Waals surface area contributed by atoms with Gasteiger partial charge in [-0.25, -0.2) is 4.79 Å². The summed E-state index contributed by atoms with van der Waals surface area (Å²) >= 11 is 5.50. The Morgan fingerprint density at radius 3 is 3.06 bits per heavy atom. The molecule has 0 aliphatic heterocycles. The molecule has 0 fully saturated rings. The predicted molar refractivity (Wildman–Crippen MR) is 61.4 cm³/mol. The molecule has 1 amide bonds. The molecule has 1 atom stereocenters. The molecule has 1 N–H and O–H groups in total. The van der Waals surface area contributed by atoms with Crippen molar-refractivity contribution in [1.82, 2.24) is 0 Å². The van der Waals surface area contributed by atoms with Gasteiger partial charge in [0.25, 0.3) is 0 Å². The zero-order valence-corrected chi connectivity index (χ0v) is 9.49. The van der Waals surface area contributed by atoms with Crippen LogP contribution < -0.4 is 5.32 Å². The van der Waals surface area contributed by atoms with Gasteiger partial charge in [-0.15, -0.1) is 11.6 Å². The number of nitrogens with zero attached hydrogens (tertiary/aromatic N) is 1. The Balaban J connectivity index is 2.60. The highest BCUT2D eigenvalue weighted by Crippen LogP contribution is 2.10. The fourth-order valence-electron chi connectivity index (χ4n) is 1.03. The second-order valence-corrected chi connectivity index (χ2v) is 3.50. The number of amides is 1. The lowest BCUT2D eigenvalue weighted by Gasteiger charge is -2.10. The van der Waals surface area contributed by atoms with Crippen LogP contribution in [0.15, 0.2) is 24.3 Å². The molecule has 0 spiro atoms. The van der Waals surface area contributed by atoms with Crippen LogP contribution >= 0.6 is 11.6 Å². The minimum absolute atomic E-state index is 0.242. The highest BCUT2D eigenvalue weighted by molar-refractivity contribution is 6.18. The van der Waals surface area contributed by atoms with Gasteiger partial charge < -0.3 is 4.74 Å². The van der Waals surface area contributed by atoms with Crippen LogP contribution in [0.5, 0.6) is 0 Å². The van der Waals surface area contributed by atoms with Gasteiger partial charge in [0.15, 0.2) is 0 Å². The lowest BCUT2D eigenvalue weighted by atomic mass is 10.2. The van der Waals surface area contributed by atoms with E-state index in [0.717, 1.165) is 0 Å². The summed E-state index contributed by atoms with van der Waals surface area (Å²) in [5.41, 5.74) is 0.994. The third-order valence-electron chi connectivity index (χ3n) is 1.76. The Labute approximate surface area is 98.8 Å². The predicted octanol–water partition coefficient (Wildman–Crippen LogP) is 2.73. The molecule has 0 heterocycles. The summed E-state index contributed by atoms with van der Waals surface area (Å²) in [6.07, 6.45) is -0.927. The van der Waals surface area contributed by atoms with Crippen LogP contribution in [-0.4, -0.2) is 18.1 Å². The van der Waals surface area contributed by atoms with Crippen LogP contribution in [0.25, 0.3) is 0 Å². The lowest BCUT2D eigenvalue weighted by molar-refractivity contribution is 0.131. The van der Waals surface area contributed by atoms with Crippen molar-refractivity contribution in [3.05, 3.63) is 29.8 Å². The van der Waals surface area contributed by atoms with Crippen LogP contribution in [0.4, 0.5) is 10.5 Å². The lowest BCUT2D eigenvalue weighted by Crippen LogP contribution is -2.21. The SMILES string of the molecule is CC(CCl)OC(=O)Nc1cccc(C#N)c1. The molecule has 4 nitrogen and oxygen atoms in total. The van der Waals surface area contributed by atoms with Gasteiger partial charge in [0.2, 0.25) is 0 Å². The number of nitrogens with one attached hydrogen (secondary N) is 1. The number of nitriles is 1. The van der Waals surface area contributed by atoms with Gasteiger partial charge in [-0.2, -0.15) is 5.26 Å². The van der Waals surface area contributed by atoms with E-state index in [2.05, 4.69) is 5.32 Å². The Hall–Kier alpha value is -1.73. The number of benzene rings is 1. The van der Waals surface area contributed by atoms with Crippen molar-refractivity contribution >= 4 is 23.4 Å². The highest BCUT2D eigenvalue weighted by Gasteiger charge is 2.08. The van der Waals surface area contributed by atoms with Crippen LogP contribution in [0.3, 0.4) is 0 Å². The van der Waals surface area contributed by atoms with Crippen molar-refractivity contribution in [1.29, 1.82) is 5.26 Å². The molecule has 5 heteroatoms. The van der Waals surface area contributed by atoms with E-state index in [1.807, 2.05) is 6.07 Å². The third-order valence-corrected chi connectivity index (χ3v) is 2.20. The van der Waals surface area contributed by atoms with E-state index in [4.69, 9.17) is 21.6 Å². The maximum absolute atomic E-state index is 11.3. The first-order valence-electron chi connectivity index (χ1n) is 4.69. The van der Waals surface area contributed by atoms with Crippen molar-refractivity contribution in [3.8, 4) is 6.07 Å². The molecule has 0 radical (unpaired) electrons. The summed E-state index contributed by atoms with van der Waals surface area (Å²) in [5.74, 6) is 0.242. The minimum Gasteiger partial charge on any atom is -0.445 e. The fourth-order valence-corrected chi connectivity index (χ4v) is 1.09. The summed E-state index contributed by atoms with van der Waals surface area (Å²) in [5, 5.41) is 11.2. The summed E-state index contributed by atoms with van der Waals surface area (Å²) in [4.78, 5) is 11.3. The normalized spacial score (nSPS) is 11.3. The molecule has 0 aromatic heterocycles. The molecular weight excluding hydrogens is 228 g/mol. The third kappa shape index (κ3) is 3.79. The number of ether oxygens (including phenoxy) is 1. The van der Waals surface area contributed by atoms with Gasteiger partial charge in [-0.1, -0.05) is 6.07 Å². The molecule has 0 saturated carbocycles. The molecule has 1 unspecified atom stereocenters. The number of carbonyl (C=O) groups excluding carboxylic acids is 1. The molecule has 0 saturated heterocycles. The number of alkyl halides is 1. The number of hydrogen-bond donors (Lipinski definition) is 1. The summed E-state index contributed by atoms with van der Waals surface area (Å²) in [6, 6.07) is 8.55. The molecule has 84 valence electrons. The summed E-state index contributed by atoms with van der Waals surface area (Å²) < 4.78 is 4.91. The standard InChI is InChI=1S/C11H11ClN2O2/c1-8(6-12)16-11(15)14-10-4-2-3-9(5-10)7-13/h2-5,8H,6H2,1H3,(H,14,15). The molecule has 1 aromatic carbocycles.